The van der Waals surface area contributed by atoms with Crippen LogP contribution in [0.3, 0.4) is 0 Å². The average molecular weight is 316 g/mol. The SMILES string of the molecule is CC1CCN(C(=O)c2cc(Br)ccc2F)C1CO. The van der Waals surface area contributed by atoms with Crippen LogP contribution in [0.5, 0.6) is 0 Å². The minimum absolute atomic E-state index is 0.0527. The zero-order valence-corrected chi connectivity index (χ0v) is 11.7. The molecule has 98 valence electrons. The lowest BCUT2D eigenvalue weighted by molar-refractivity contribution is 0.0643. The van der Waals surface area contributed by atoms with Crippen LogP contribution >= 0.6 is 15.9 Å². The van der Waals surface area contributed by atoms with Crippen molar-refractivity contribution in [2.75, 3.05) is 13.2 Å². The van der Waals surface area contributed by atoms with Gasteiger partial charge in [0.25, 0.3) is 5.91 Å². The topological polar surface area (TPSA) is 40.5 Å². The molecule has 1 saturated heterocycles. The monoisotopic (exact) mass is 315 g/mol. The molecule has 18 heavy (non-hydrogen) atoms. The standard InChI is InChI=1S/C13H15BrFNO2/c1-8-4-5-16(12(8)7-17)13(18)10-6-9(14)2-3-11(10)15/h2-3,6,8,12,17H,4-5,7H2,1H3. The van der Waals surface area contributed by atoms with Crippen molar-refractivity contribution in [2.24, 2.45) is 5.92 Å². The van der Waals surface area contributed by atoms with E-state index >= 15 is 0 Å². The fourth-order valence-electron chi connectivity index (χ4n) is 2.35. The van der Waals surface area contributed by atoms with Crippen LogP contribution in [0.4, 0.5) is 4.39 Å². The van der Waals surface area contributed by atoms with Crippen LogP contribution in [0.25, 0.3) is 0 Å². The summed E-state index contributed by atoms with van der Waals surface area (Å²) in [5.74, 6) is -0.634. The van der Waals surface area contributed by atoms with Crippen molar-refractivity contribution < 1.29 is 14.3 Å². The summed E-state index contributed by atoms with van der Waals surface area (Å²) < 4.78 is 14.3. The maximum atomic E-state index is 13.7. The molecule has 3 nitrogen and oxygen atoms in total. The van der Waals surface area contributed by atoms with Gasteiger partial charge in [0.1, 0.15) is 5.82 Å². The first-order valence-electron chi connectivity index (χ1n) is 5.91. The highest BCUT2D eigenvalue weighted by Gasteiger charge is 2.35. The largest absolute Gasteiger partial charge is 0.394 e. The summed E-state index contributed by atoms with van der Waals surface area (Å²) in [5.41, 5.74) is 0.0527. The van der Waals surface area contributed by atoms with Gasteiger partial charge in [0, 0.05) is 11.0 Å². The second kappa shape index (κ2) is 5.36. The van der Waals surface area contributed by atoms with Gasteiger partial charge in [0.15, 0.2) is 0 Å². The third kappa shape index (κ3) is 2.42. The summed E-state index contributed by atoms with van der Waals surface area (Å²) in [7, 11) is 0. The molecule has 1 aliphatic heterocycles. The molecule has 0 aliphatic carbocycles. The second-order valence-corrected chi connectivity index (χ2v) is 5.55. The molecule has 0 radical (unpaired) electrons. The molecule has 0 aromatic heterocycles. The predicted molar refractivity (Wildman–Crippen MR) is 69.8 cm³/mol. The highest BCUT2D eigenvalue weighted by molar-refractivity contribution is 9.10. The molecular weight excluding hydrogens is 301 g/mol. The van der Waals surface area contributed by atoms with E-state index in [1.807, 2.05) is 6.92 Å². The van der Waals surface area contributed by atoms with E-state index in [9.17, 15) is 14.3 Å². The first-order chi connectivity index (χ1) is 8.54. The quantitative estimate of drug-likeness (QED) is 0.910. The summed E-state index contributed by atoms with van der Waals surface area (Å²) in [6, 6.07) is 4.10. The van der Waals surface area contributed by atoms with Crippen molar-refractivity contribution in [3.05, 3.63) is 34.1 Å². The smallest absolute Gasteiger partial charge is 0.257 e. The number of amides is 1. The number of benzene rings is 1. The van der Waals surface area contributed by atoms with Gasteiger partial charge in [-0.3, -0.25) is 4.79 Å². The van der Waals surface area contributed by atoms with E-state index in [-0.39, 0.29) is 30.0 Å². The molecule has 1 aliphatic rings. The number of hydrogen-bond acceptors (Lipinski definition) is 2. The molecule has 1 amide bonds. The minimum Gasteiger partial charge on any atom is -0.394 e. The van der Waals surface area contributed by atoms with Gasteiger partial charge in [-0.05, 0) is 30.5 Å². The second-order valence-electron chi connectivity index (χ2n) is 4.64. The number of halogens is 2. The highest BCUT2D eigenvalue weighted by Crippen LogP contribution is 2.26. The molecule has 0 spiro atoms. The number of likely N-dealkylation sites (tertiary alicyclic amines) is 1. The number of hydrogen-bond donors (Lipinski definition) is 1. The van der Waals surface area contributed by atoms with Crippen LogP contribution in [0.2, 0.25) is 0 Å². The molecule has 2 atom stereocenters. The zero-order chi connectivity index (χ0) is 13.3. The number of aliphatic hydroxyl groups excluding tert-OH is 1. The minimum atomic E-state index is -0.528. The van der Waals surface area contributed by atoms with Crippen LogP contribution in [-0.4, -0.2) is 35.1 Å². The third-order valence-electron chi connectivity index (χ3n) is 3.49. The lowest BCUT2D eigenvalue weighted by atomic mass is 10.0. The van der Waals surface area contributed by atoms with E-state index in [1.165, 1.54) is 12.1 Å². The Hall–Kier alpha value is -0.940. The molecule has 1 aromatic rings. The van der Waals surface area contributed by atoms with Crippen molar-refractivity contribution in [2.45, 2.75) is 19.4 Å². The van der Waals surface area contributed by atoms with E-state index in [0.717, 1.165) is 6.42 Å². The van der Waals surface area contributed by atoms with E-state index in [1.54, 1.807) is 11.0 Å². The molecule has 1 aromatic carbocycles. The molecule has 0 bridgehead atoms. The Balaban J connectivity index is 2.28. The average Bonchev–Trinajstić information content (AvgIpc) is 2.72. The Morgan fingerprint density at radius 2 is 2.33 bits per heavy atom. The Kier molecular flexibility index (Phi) is 4.02. The fourth-order valence-corrected chi connectivity index (χ4v) is 2.72. The van der Waals surface area contributed by atoms with Gasteiger partial charge in [-0.1, -0.05) is 22.9 Å². The van der Waals surface area contributed by atoms with Crippen LogP contribution in [-0.2, 0) is 0 Å². The van der Waals surface area contributed by atoms with Crippen molar-refractivity contribution in [3.8, 4) is 0 Å². The van der Waals surface area contributed by atoms with Crippen molar-refractivity contribution in [1.29, 1.82) is 0 Å². The Labute approximate surface area is 114 Å². The lowest BCUT2D eigenvalue weighted by Gasteiger charge is -2.25. The summed E-state index contributed by atoms with van der Waals surface area (Å²) in [6.07, 6.45) is 0.840. The molecule has 5 heteroatoms. The fraction of sp³-hybridized carbons (Fsp3) is 0.462. The van der Waals surface area contributed by atoms with E-state index in [4.69, 9.17) is 0 Å². The van der Waals surface area contributed by atoms with Crippen LogP contribution in [0, 0.1) is 11.7 Å². The molecule has 1 N–H and O–H groups in total. The molecule has 0 saturated carbocycles. The highest BCUT2D eigenvalue weighted by atomic mass is 79.9. The summed E-state index contributed by atoms with van der Waals surface area (Å²) >= 11 is 3.23. The third-order valence-corrected chi connectivity index (χ3v) is 3.98. The Morgan fingerprint density at radius 1 is 1.61 bits per heavy atom. The molecule has 2 rings (SSSR count). The number of nitrogens with zero attached hydrogens (tertiary/aromatic N) is 1. The van der Waals surface area contributed by atoms with Crippen molar-refractivity contribution in [1.82, 2.24) is 4.90 Å². The number of aliphatic hydroxyl groups is 1. The van der Waals surface area contributed by atoms with E-state index in [2.05, 4.69) is 15.9 Å². The van der Waals surface area contributed by atoms with Crippen molar-refractivity contribution >= 4 is 21.8 Å². The number of carbonyl (C=O) groups excluding carboxylic acids is 1. The van der Waals surface area contributed by atoms with Gasteiger partial charge < -0.3 is 10.0 Å². The Morgan fingerprint density at radius 3 is 3.00 bits per heavy atom. The first kappa shape index (κ1) is 13.5. The molecule has 2 unspecified atom stereocenters. The van der Waals surface area contributed by atoms with E-state index < -0.39 is 5.82 Å². The first-order valence-corrected chi connectivity index (χ1v) is 6.70. The van der Waals surface area contributed by atoms with Gasteiger partial charge in [-0.15, -0.1) is 0 Å². The predicted octanol–water partition coefficient (Wildman–Crippen LogP) is 2.43. The van der Waals surface area contributed by atoms with E-state index in [0.29, 0.717) is 11.0 Å². The van der Waals surface area contributed by atoms with Crippen LogP contribution < -0.4 is 0 Å². The summed E-state index contributed by atoms with van der Waals surface area (Å²) in [4.78, 5) is 13.9. The normalized spacial score (nSPS) is 23.4. The number of rotatable bonds is 2. The lowest BCUT2D eigenvalue weighted by Crippen LogP contribution is -2.40. The van der Waals surface area contributed by atoms with Gasteiger partial charge in [-0.25, -0.2) is 4.39 Å². The van der Waals surface area contributed by atoms with Gasteiger partial charge in [0.05, 0.1) is 18.2 Å². The molecule has 1 fully saturated rings. The maximum Gasteiger partial charge on any atom is 0.257 e. The zero-order valence-electron chi connectivity index (χ0n) is 10.1. The van der Waals surface area contributed by atoms with Crippen molar-refractivity contribution in [3.63, 3.8) is 0 Å². The van der Waals surface area contributed by atoms with Gasteiger partial charge in [-0.2, -0.15) is 0 Å². The molecule has 1 heterocycles. The van der Waals surface area contributed by atoms with Crippen LogP contribution in [0.15, 0.2) is 22.7 Å². The summed E-state index contributed by atoms with van der Waals surface area (Å²) in [5, 5.41) is 9.33. The van der Waals surface area contributed by atoms with Gasteiger partial charge >= 0.3 is 0 Å². The maximum absolute atomic E-state index is 13.7. The van der Waals surface area contributed by atoms with Gasteiger partial charge in [0.2, 0.25) is 0 Å². The summed E-state index contributed by atoms with van der Waals surface area (Å²) in [6.45, 7) is 2.48. The van der Waals surface area contributed by atoms with Crippen LogP contribution in [0.1, 0.15) is 23.7 Å². The molecular formula is C13H15BrFNO2. The Bertz CT molecular complexity index is 466. The number of carbonyl (C=O) groups is 1.